The third-order valence-electron chi connectivity index (χ3n) is 3.55. The number of hydrogen-bond donors (Lipinski definition) is 1. The molecule has 1 atom stereocenters. The third kappa shape index (κ3) is 6.26. The fraction of sp³-hybridized carbons (Fsp3) is 0.938. The molecule has 130 valence electrons. The molecule has 0 bridgehead atoms. The van der Waals surface area contributed by atoms with E-state index in [1.54, 1.807) is 0 Å². The minimum absolute atomic E-state index is 0.00838. The molecule has 0 aliphatic carbocycles. The first kappa shape index (κ1) is 19.5. The summed E-state index contributed by atoms with van der Waals surface area (Å²) in [5, 5.41) is 3.60. The van der Waals surface area contributed by atoms with Crippen molar-refractivity contribution in [3.8, 4) is 0 Å². The molecule has 1 rings (SSSR count). The molecule has 0 unspecified atom stereocenters. The highest BCUT2D eigenvalue weighted by Crippen LogP contribution is 2.28. The number of nitrogens with one attached hydrogen (secondary N) is 1. The first-order valence-electron chi connectivity index (χ1n) is 8.16. The maximum atomic E-state index is 12.5. The highest BCUT2D eigenvalue weighted by atomic mass is 28.2. The molecule has 1 N–H and O–H groups in total. The minimum atomic E-state index is -0.687. The molecule has 1 heterocycles. The zero-order chi connectivity index (χ0) is 17.2. The summed E-state index contributed by atoms with van der Waals surface area (Å²) >= 11 is 0. The van der Waals surface area contributed by atoms with Gasteiger partial charge in [-0.15, -0.1) is 0 Å². The van der Waals surface area contributed by atoms with Crippen molar-refractivity contribution in [3.63, 3.8) is 0 Å². The van der Waals surface area contributed by atoms with E-state index in [4.69, 9.17) is 9.16 Å². The molecular formula is C16H34N2O3Si. The Morgan fingerprint density at radius 2 is 1.73 bits per heavy atom. The molecular weight excluding hydrogens is 296 g/mol. The smallest absolute Gasteiger partial charge is 0.410 e. The minimum Gasteiger partial charge on any atom is -0.444 e. The van der Waals surface area contributed by atoms with Gasteiger partial charge in [0.25, 0.3) is 0 Å². The van der Waals surface area contributed by atoms with Gasteiger partial charge >= 0.3 is 6.09 Å². The molecule has 0 aromatic rings. The van der Waals surface area contributed by atoms with E-state index in [0.717, 1.165) is 13.1 Å². The quantitative estimate of drug-likeness (QED) is 0.807. The lowest BCUT2D eigenvalue weighted by atomic mass is 9.96. The number of amides is 1. The standard InChI is InChI=1S/C16H34N2O3Si/c1-14(2,3)20-13(19)18-10-9-17-11-12(18)16(7,8)21-22-15(4,5)6/h12,17H,9-11,22H2,1-8H3/t12-/m0/s1. The second-order valence-corrected chi connectivity index (χ2v) is 11.5. The summed E-state index contributed by atoms with van der Waals surface area (Å²) in [5.41, 5.74) is -0.846. The van der Waals surface area contributed by atoms with Crippen molar-refractivity contribution in [1.82, 2.24) is 10.2 Å². The maximum absolute atomic E-state index is 12.5. The normalized spacial score (nSPS) is 21.5. The van der Waals surface area contributed by atoms with E-state index in [1.165, 1.54) is 0 Å². The first-order valence-corrected chi connectivity index (χ1v) is 9.45. The predicted octanol–water partition coefficient (Wildman–Crippen LogP) is 2.29. The topological polar surface area (TPSA) is 50.8 Å². The Hall–Kier alpha value is -0.593. The molecule has 5 nitrogen and oxygen atoms in total. The maximum Gasteiger partial charge on any atom is 0.410 e. The van der Waals surface area contributed by atoms with Crippen LogP contribution in [0.4, 0.5) is 4.79 Å². The van der Waals surface area contributed by atoms with Crippen LogP contribution in [0.5, 0.6) is 0 Å². The number of nitrogens with zero attached hydrogens (tertiary/aromatic N) is 1. The van der Waals surface area contributed by atoms with Gasteiger partial charge in [-0.2, -0.15) is 0 Å². The van der Waals surface area contributed by atoms with Crippen LogP contribution in [-0.2, 0) is 9.16 Å². The lowest BCUT2D eigenvalue weighted by Crippen LogP contribution is -2.63. The highest BCUT2D eigenvalue weighted by molar-refractivity contribution is 6.31. The zero-order valence-corrected chi connectivity index (χ0v) is 17.0. The predicted molar refractivity (Wildman–Crippen MR) is 93.0 cm³/mol. The van der Waals surface area contributed by atoms with Crippen molar-refractivity contribution in [2.75, 3.05) is 19.6 Å². The van der Waals surface area contributed by atoms with Crippen LogP contribution in [0.3, 0.4) is 0 Å². The summed E-state index contributed by atoms with van der Waals surface area (Å²) < 4.78 is 11.9. The second-order valence-electron chi connectivity index (χ2n) is 8.85. The molecule has 1 aliphatic heterocycles. The molecule has 22 heavy (non-hydrogen) atoms. The number of piperazine rings is 1. The number of hydrogen-bond acceptors (Lipinski definition) is 4. The van der Waals surface area contributed by atoms with Gasteiger partial charge in [0.1, 0.15) is 5.60 Å². The van der Waals surface area contributed by atoms with E-state index in [1.807, 2.05) is 25.7 Å². The summed E-state index contributed by atoms with van der Waals surface area (Å²) in [6.07, 6.45) is -0.242. The van der Waals surface area contributed by atoms with Crippen molar-refractivity contribution in [2.24, 2.45) is 0 Å². The lowest BCUT2D eigenvalue weighted by Gasteiger charge is -2.45. The van der Waals surface area contributed by atoms with E-state index in [0.29, 0.717) is 6.54 Å². The van der Waals surface area contributed by atoms with Crippen LogP contribution in [0.1, 0.15) is 55.4 Å². The average molecular weight is 331 g/mol. The molecule has 1 aliphatic rings. The van der Waals surface area contributed by atoms with E-state index in [-0.39, 0.29) is 22.8 Å². The van der Waals surface area contributed by atoms with Crippen molar-refractivity contribution >= 4 is 15.9 Å². The SMILES string of the molecule is CC(C)(C)OC(=O)N1CCNC[C@H]1C(C)(C)O[SiH2]C(C)(C)C. The Balaban J connectivity index is 2.81. The van der Waals surface area contributed by atoms with Crippen LogP contribution in [0.2, 0.25) is 5.04 Å². The van der Waals surface area contributed by atoms with Gasteiger partial charge in [-0.1, -0.05) is 20.8 Å². The van der Waals surface area contributed by atoms with Gasteiger partial charge in [-0.05, 0) is 39.7 Å². The molecule has 1 amide bonds. The summed E-state index contributed by atoms with van der Waals surface area (Å²) in [6, 6.07) is -0.00838. The average Bonchev–Trinajstić information content (AvgIpc) is 2.34. The Labute approximate surface area is 138 Å². The van der Waals surface area contributed by atoms with Crippen LogP contribution in [0.25, 0.3) is 0 Å². The monoisotopic (exact) mass is 330 g/mol. The molecule has 0 saturated carbocycles. The highest BCUT2D eigenvalue weighted by Gasteiger charge is 2.40. The number of carbonyl (C=O) groups excluding carboxylic acids is 1. The Kier molecular flexibility index (Phi) is 6.09. The van der Waals surface area contributed by atoms with Crippen LogP contribution in [0, 0.1) is 0 Å². The van der Waals surface area contributed by atoms with E-state index in [9.17, 15) is 4.79 Å². The molecule has 1 saturated heterocycles. The third-order valence-corrected chi connectivity index (χ3v) is 5.31. The number of carbonyl (C=O) groups is 1. The summed E-state index contributed by atoms with van der Waals surface area (Å²) in [4.78, 5) is 14.3. The molecule has 1 fully saturated rings. The van der Waals surface area contributed by atoms with E-state index < -0.39 is 15.4 Å². The molecule has 0 aromatic heterocycles. The molecule has 0 aromatic carbocycles. The summed E-state index contributed by atoms with van der Waals surface area (Å²) in [7, 11) is -0.687. The summed E-state index contributed by atoms with van der Waals surface area (Å²) in [6.45, 7) is 18.7. The van der Waals surface area contributed by atoms with Crippen molar-refractivity contribution in [1.29, 1.82) is 0 Å². The van der Waals surface area contributed by atoms with Gasteiger partial charge < -0.3 is 14.5 Å². The van der Waals surface area contributed by atoms with Crippen molar-refractivity contribution in [2.45, 2.75) is 77.7 Å². The van der Waals surface area contributed by atoms with E-state index in [2.05, 4.69) is 39.9 Å². The van der Waals surface area contributed by atoms with Crippen LogP contribution < -0.4 is 5.32 Å². The van der Waals surface area contributed by atoms with Crippen molar-refractivity contribution in [3.05, 3.63) is 0 Å². The van der Waals surface area contributed by atoms with Gasteiger partial charge in [0.15, 0.2) is 9.76 Å². The van der Waals surface area contributed by atoms with Gasteiger partial charge in [-0.3, -0.25) is 4.90 Å². The first-order chi connectivity index (χ1) is 9.82. The van der Waals surface area contributed by atoms with E-state index >= 15 is 0 Å². The largest absolute Gasteiger partial charge is 0.444 e. The van der Waals surface area contributed by atoms with Crippen LogP contribution >= 0.6 is 0 Å². The molecule has 6 heteroatoms. The zero-order valence-electron chi connectivity index (χ0n) is 15.6. The molecule has 0 radical (unpaired) electrons. The van der Waals surface area contributed by atoms with Gasteiger partial charge in [0, 0.05) is 19.6 Å². The fourth-order valence-electron chi connectivity index (χ4n) is 2.36. The Morgan fingerprint density at radius 3 is 2.23 bits per heavy atom. The second kappa shape index (κ2) is 6.89. The lowest BCUT2D eigenvalue weighted by molar-refractivity contribution is -0.0334. The fourth-order valence-corrected chi connectivity index (χ4v) is 3.36. The number of rotatable bonds is 3. The van der Waals surface area contributed by atoms with Crippen LogP contribution in [0.15, 0.2) is 0 Å². The van der Waals surface area contributed by atoms with Crippen molar-refractivity contribution < 1.29 is 14.0 Å². The molecule has 0 spiro atoms. The Morgan fingerprint density at radius 1 is 1.14 bits per heavy atom. The van der Waals surface area contributed by atoms with Gasteiger partial charge in [0.2, 0.25) is 0 Å². The van der Waals surface area contributed by atoms with Gasteiger partial charge in [-0.25, -0.2) is 4.79 Å². The van der Waals surface area contributed by atoms with Crippen LogP contribution in [-0.4, -0.2) is 57.6 Å². The summed E-state index contributed by atoms with van der Waals surface area (Å²) in [5.74, 6) is 0. The Bertz CT molecular complexity index is 386. The van der Waals surface area contributed by atoms with Gasteiger partial charge in [0.05, 0.1) is 11.6 Å². The number of ether oxygens (including phenoxy) is 1.